The summed E-state index contributed by atoms with van der Waals surface area (Å²) in [7, 11) is -4.02. The highest BCUT2D eigenvalue weighted by Crippen LogP contribution is 2.32. The summed E-state index contributed by atoms with van der Waals surface area (Å²) in [6.07, 6.45) is 0.0930. The summed E-state index contributed by atoms with van der Waals surface area (Å²) in [5, 5.41) is 10.7. The Hall–Kier alpha value is -3.91. The molecule has 0 aliphatic carbocycles. The molecule has 0 amide bonds. The molecule has 2 N–H and O–H groups in total. The van der Waals surface area contributed by atoms with E-state index in [1.165, 1.54) is 30.3 Å². The molecular formula is C26H22FNO5S. The van der Waals surface area contributed by atoms with Crippen molar-refractivity contribution in [3.05, 3.63) is 95.8 Å². The molecular weight excluding hydrogens is 457 g/mol. The van der Waals surface area contributed by atoms with Crippen molar-refractivity contribution in [2.45, 2.75) is 18.2 Å². The van der Waals surface area contributed by atoms with Gasteiger partial charge in [-0.15, -0.1) is 0 Å². The number of benzene rings is 4. The average Bonchev–Trinajstić information content (AvgIpc) is 2.79. The fourth-order valence-electron chi connectivity index (χ4n) is 3.57. The van der Waals surface area contributed by atoms with Gasteiger partial charge < -0.3 is 9.84 Å². The van der Waals surface area contributed by atoms with Crippen LogP contribution < -0.4 is 9.46 Å². The number of sulfonamides is 1. The van der Waals surface area contributed by atoms with E-state index in [0.717, 1.165) is 11.6 Å². The topological polar surface area (TPSA) is 92.7 Å². The number of ketones is 1. The quantitative estimate of drug-likeness (QED) is 0.372. The van der Waals surface area contributed by atoms with E-state index in [1.54, 1.807) is 49.4 Å². The zero-order valence-corrected chi connectivity index (χ0v) is 19.1. The van der Waals surface area contributed by atoms with Crippen molar-refractivity contribution in [1.82, 2.24) is 0 Å². The van der Waals surface area contributed by atoms with E-state index in [4.69, 9.17) is 4.74 Å². The largest absolute Gasteiger partial charge is 0.508 e. The Morgan fingerprint density at radius 2 is 1.74 bits per heavy atom. The molecule has 34 heavy (non-hydrogen) atoms. The number of halogens is 1. The molecule has 4 aromatic rings. The molecule has 0 radical (unpaired) electrons. The first-order valence-corrected chi connectivity index (χ1v) is 11.9. The molecule has 0 aliphatic heterocycles. The van der Waals surface area contributed by atoms with E-state index in [9.17, 15) is 22.7 Å². The second-order valence-corrected chi connectivity index (χ2v) is 9.50. The van der Waals surface area contributed by atoms with Gasteiger partial charge in [0.1, 0.15) is 23.9 Å². The van der Waals surface area contributed by atoms with Gasteiger partial charge in [-0.25, -0.2) is 12.8 Å². The molecule has 0 heterocycles. The van der Waals surface area contributed by atoms with Crippen molar-refractivity contribution >= 4 is 32.3 Å². The van der Waals surface area contributed by atoms with Gasteiger partial charge in [0.25, 0.3) is 10.0 Å². The van der Waals surface area contributed by atoms with Crippen LogP contribution in [0.5, 0.6) is 11.5 Å². The standard InChI is InChI=1S/C26H22FNO5S/c1-17-9-10-18(14-24(17)30)13-21(29)16-33-25-11-12-26(23-8-3-2-7-22(23)25)34(31,32)28-20-6-4-5-19(27)15-20/h2-12,14-15,28,30H,13,16H2,1H3. The minimum atomic E-state index is -4.02. The highest BCUT2D eigenvalue weighted by Gasteiger charge is 2.20. The van der Waals surface area contributed by atoms with E-state index in [0.29, 0.717) is 22.1 Å². The Morgan fingerprint density at radius 3 is 2.47 bits per heavy atom. The van der Waals surface area contributed by atoms with Crippen molar-refractivity contribution in [3.8, 4) is 11.5 Å². The predicted octanol–water partition coefficient (Wildman–Crippen LogP) is 4.98. The van der Waals surface area contributed by atoms with Gasteiger partial charge in [-0.3, -0.25) is 9.52 Å². The third-order valence-corrected chi connectivity index (χ3v) is 6.71. The molecule has 0 atom stereocenters. The second kappa shape index (κ2) is 9.52. The Bertz CT molecular complexity index is 1480. The SMILES string of the molecule is Cc1ccc(CC(=O)COc2ccc(S(=O)(=O)Nc3cccc(F)c3)c3ccccc23)cc1O. The maximum Gasteiger partial charge on any atom is 0.262 e. The number of phenolic OH excluding ortho intramolecular Hbond substituents is 1. The number of nitrogens with one attached hydrogen (secondary N) is 1. The van der Waals surface area contributed by atoms with E-state index >= 15 is 0 Å². The van der Waals surface area contributed by atoms with Crippen LogP contribution in [-0.4, -0.2) is 25.9 Å². The Kier molecular flexibility index (Phi) is 6.51. The number of phenols is 1. The molecule has 174 valence electrons. The number of ether oxygens (including phenoxy) is 1. The first-order valence-electron chi connectivity index (χ1n) is 10.5. The van der Waals surface area contributed by atoms with Gasteiger partial charge in [-0.05, 0) is 54.4 Å². The summed E-state index contributed by atoms with van der Waals surface area (Å²) in [6, 6.07) is 19.9. The number of Topliss-reactive ketones (excluding diaryl/α,β-unsaturated/α-hetero) is 1. The number of fused-ring (bicyclic) bond motifs is 1. The summed E-state index contributed by atoms with van der Waals surface area (Å²) in [5.74, 6) is -0.266. The fraction of sp³-hybridized carbons (Fsp3) is 0.115. The van der Waals surface area contributed by atoms with E-state index in [1.807, 2.05) is 0 Å². The van der Waals surface area contributed by atoms with Gasteiger partial charge in [-0.2, -0.15) is 0 Å². The lowest BCUT2D eigenvalue weighted by atomic mass is 10.1. The molecule has 0 aliphatic rings. The third-order valence-electron chi connectivity index (χ3n) is 5.27. The third kappa shape index (κ3) is 5.18. The molecule has 4 rings (SSSR count). The van der Waals surface area contributed by atoms with Crippen LogP contribution in [0.2, 0.25) is 0 Å². The average molecular weight is 480 g/mol. The van der Waals surface area contributed by atoms with Gasteiger partial charge in [0.2, 0.25) is 0 Å². The summed E-state index contributed by atoms with van der Waals surface area (Å²) >= 11 is 0. The first-order chi connectivity index (χ1) is 16.2. The molecule has 0 saturated heterocycles. The Balaban J connectivity index is 1.55. The zero-order valence-electron chi connectivity index (χ0n) is 18.3. The predicted molar refractivity (Wildman–Crippen MR) is 128 cm³/mol. The van der Waals surface area contributed by atoms with Crippen LogP contribution in [0.3, 0.4) is 0 Å². The number of carbonyl (C=O) groups is 1. The van der Waals surface area contributed by atoms with Gasteiger partial charge in [0.15, 0.2) is 5.78 Å². The monoisotopic (exact) mass is 479 g/mol. The van der Waals surface area contributed by atoms with Crippen LogP contribution in [0.4, 0.5) is 10.1 Å². The number of hydrogen-bond donors (Lipinski definition) is 2. The van der Waals surface area contributed by atoms with Crippen LogP contribution in [0.1, 0.15) is 11.1 Å². The van der Waals surface area contributed by atoms with Crippen LogP contribution in [0.25, 0.3) is 10.8 Å². The lowest BCUT2D eigenvalue weighted by molar-refractivity contribution is -0.120. The van der Waals surface area contributed by atoms with Gasteiger partial charge >= 0.3 is 0 Å². The van der Waals surface area contributed by atoms with Crippen molar-refractivity contribution in [2.75, 3.05) is 11.3 Å². The molecule has 4 aromatic carbocycles. The molecule has 6 nitrogen and oxygen atoms in total. The Morgan fingerprint density at radius 1 is 0.971 bits per heavy atom. The number of carbonyl (C=O) groups excluding carboxylic acids is 1. The lowest BCUT2D eigenvalue weighted by Gasteiger charge is -2.14. The first kappa shape index (κ1) is 23.3. The van der Waals surface area contributed by atoms with Crippen molar-refractivity contribution in [1.29, 1.82) is 0 Å². The van der Waals surface area contributed by atoms with Crippen molar-refractivity contribution in [2.24, 2.45) is 0 Å². The summed E-state index contributed by atoms with van der Waals surface area (Å²) in [5.41, 5.74) is 1.50. The fourth-order valence-corrected chi connectivity index (χ4v) is 4.83. The minimum absolute atomic E-state index is 0.00108. The van der Waals surface area contributed by atoms with Crippen LogP contribution in [0, 0.1) is 12.7 Å². The molecule has 0 fully saturated rings. The summed E-state index contributed by atoms with van der Waals surface area (Å²) in [6.45, 7) is 1.55. The van der Waals surface area contributed by atoms with Crippen molar-refractivity contribution < 1.29 is 27.4 Å². The highest BCUT2D eigenvalue weighted by atomic mass is 32.2. The maximum atomic E-state index is 13.5. The zero-order chi connectivity index (χ0) is 24.3. The maximum absolute atomic E-state index is 13.5. The molecule has 8 heteroatoms. The summed E-state index contributed by atoms with van der Waals surface area (Å²) < 4.78 is 47.6. The number of anilines is 1. The van der Waals surface area contributed by atoms with E-state index < -0.39 is 15.8 Å². The number of rotatable bonds is 8. The van der Waals surface area contributed by atoms with E-state index in [-0.39, 0.29) is 35.1 Å². The number of aryl methyl sites for hydroxylation is 1. The van der Waals surface area contributed by atoms with Crippen LogP contribution >= 0.6 is 0 Å². The normalized spacial score (nSPS) is 11.4. The molecule has 0 bridgehead atoms. The second-order valence-electron chi connectivity index (χ2n) is 7.85. The van der Waals surface area contributed by atoms with E-state index in [2.05, 4.69) is 4.72 Å². The van der Waals surface area contributed by atoms with Gasteiger partial charge in [0.05, 0.1) is 10.6 Å². The molecule has 0 spiro atoms. The number of hydrogen-bond acceptors (Lipinski definition) is 5. The van der Waals surface area contributed by atoms with Crippen molar-refractivity contribution in [3.63, 3.8) is 0 Å². The number of aromatic hydroxyl groups is 1. The molecule has 0 saturated carbocycles. The summed E-state index contributed by atoms with van der Waals surface area (Å²) in [4.78, 5) is 12.4. The lowest BCUT2D eigenvalue weighted by Crippen LogP contribution is -2.15. The molecule has 0 aromatic heterocycles. The smallest absolute Gasteiger partial charge is 0.262 e. The minimum Gasteiger partial charge on any atom is -0.508 e. The van der Waals surface area contributed by atoms with Gasteiger partial charge in [0, 0.05) is 17.2 Å². The highest BCUT2D eigenvalue weighted by molar-refractivity contribution is 7.93. The van der Waals surface area contributed by atoms with Gasteiger partial charge in [-0.1, -0.05) is 42.5 Å². The van der Waals surface area contributed by atoms with Crippen LogP contribution in [0.15, 0.2) is 83.8 Å². The Labute approximate surface area is 196 Å². The van der Waals surface area contributed by atoms with Crippen LogP contribution in [-0.2, 0) is 21.2 Å². The molecule has 0 unspecified atom stereocenters.